The van der Waals surface area contributed by atoms with Crippen molar-refractivity contribution in [2.45, 2.75) is 6.42 Å². The van der Waals surface area contributed by atoms with Crippen LogP contribution < -0.4 is 10.6 Å². The molecule has 1 aliphatic heterocycles. The summed E-state index contributed by atoms with van der Waals surface area (Å²) in [7, 11) is 0. The third kappa shape index (κ3) is 4.18. The Morgan fingerprint density at radius 3 is 3.05 bits per heavy atom. The van der Waals surface area contributed by atoms with Gasteiger partial charge in [-0.2, -0.15) is 0 Å². The second-order valence-corrected chi connectivity index (χ2v) is 4.59. The molecule has 1 fully saturated rings. The summed E-state index contributed by atoms with van der Waals surface area (Å²) in [4.78, 5) is 13.9. The molecule has 0 radical (unpaired) electrons. The number of hydrogen-bond acceptors (Lipinski definition) is 4. The molecule has 0 aromatic heterocycles. The van der Waals surface area contributed by atoms with Gasteiger partial charge in [0.15, 0.2) is 11.6 Å². The minimum absolute atomic E-state index is 0.174. The first kappa shape index (κ1) is 13.8. The number of aromatic hydroxyl groups is 1. The van der Waals surface area contributed by atoms with E-state index in [-0.39, 0.29) is 5.91 Å². The van der Waals surface area contributed by atoms with Gasteiger partial charge in [0.2, 0.25) is 5.91 Å². The van der Waals surface area contributed by atoms with Gasteiger partial charge in [0.25, 0.3) is 0 Å². The second-order valence-electron chi connectivity index (χ2n) is 4.59. The number of nitrogens with zero attached hydrogens (tertiary/aromatic N) is 1. The Labute approximate surface area is 111 Å². The van der Waals surface area contributed by atoms with E-state index in [1.54, 1.807) is 0 Å². The molecular formula is C13H18FN3O2. The molecule has 1 aromatic carbocycles. The van der Waals surface area contributed by atoms with Crippen molar-refractivity contribution >= 4 is 11.6 Å². The van der Waals surface area contributed by atoms with Crippen LogP contribution in [0.2, 0.25) is 0 Å². The van der Waals surface area contributed by atoms with Crippen LogP contribution in [-0.4, -0.2) is 48.6 Å². The molecule has 19 heavy (non-hydrogen) atoms. The molecule has 0 atom stereocenters. The van der Waals surface area contributed by atoms with Crippen molar-refractivity contribution in [2.75, 3.05) is 38.0 Å². The van der Waals surface area contributed by atoms with E-state index in [1.807, 2.05) is 0 Å². The van der Waals surface area contributed by atoms with Crippen molar-refractivity contribution in [1.82, 2.24) is 10.2 Å². The maximum Gasteiger partial charge on any atom is 0.238 e. The smallest absolute Gasteiger partial charge is 0.238 e. The Morgan fingerprint density at radius 1 is 1.42 bits per heavy atom. The van der Waals surface area contributed by atoms with Gasteiger partial charge in [-0.1, -0.05) is 0 Å². The fourth-order valence-electron chi connectivity index (χ4n) is 2.05. The first-order valence-corrected chi connectivity index (χ1v) is 6.36. The van der Waals surface area contributed by atoms with Crippen LogP contribution in [0.15, 0.2) is 18.2 Å². The van der Waals surface area contributed by atoms with Crippen LogP contribution in [-0.2, 0) is 4.79 Å². The minimum Gasteiger partial charge on any atom is -0.505 e. The van der Waals surface area contributed by atoms with E-state index in [1.165, 1.54) is 12.1 Å². The number of nitrogens with one attached hydrogen (secondary N) is 2. The molecule has 0 spiro atoms. The quantitative estimate of drug-likeness (QED) is 0.708. The number of carbonyl (C=O) groups is 1. The van der Waals surface area contributed by atoms with Crippen molar-refractivity contribution in [1.29, 1.82) is 0 Å². The van der Waals surface area contributed by atoms with Gasteiger partial charge in [0.1, 0.15) is 0 Å². The van der Waals surface area contributed by atoms with E-state index in [4.69, 9.17) is 5.11 Å². The van der Waals surface area contributed by atoms with Gasteiger partial charge in [-0.15, -0.1) is 0 Å². The van der Waals surface area contributed by atoms with Crippen LogP contribution in [0.1, 0.15) is 6.42 Å². The Balaban J connectivity index is 1.87. The van der Waals surface area contributed by atoms with Crippen molar-refractivity contribution in [3.05, 3.63) is 24.0 Å². The monoisotopic (exact) mass is 267 g/mol. The minimum atomic E-state index is -0.739. The molecule has 2 rings (SSSR count). The standard InChI is InChI=1S/C13H18FN3O2/c14-11-8-10(2-3-12(11)18)16-13(19)9-17-6-1-4-15-5-7-17/h2-3,8,15,18H,1,4-7,9H2,(H,16,19). The molecule has 5 nitrogen and oxygen atoms in total. The maximum atomic E-state index is 13.1. The van der Waals surface area contributed by atoms with Crippen LogP contribution in [0.5, 0.6) is 5.75 Å². The second kappa shape index (κ2) is 6.49. The fourth-order valence-corrected chi connectivity index (χ4v) is 2.05. The number of hydrogen-bond donors (Lipinski definition) is 3. The number of phenolic OH excluding ortho intramolecular Hbond substituents is 1. The lowest BCUT2D eigenvalue weighted by molar-refractivity contribution is -0.117. The Kier molecular flexibility index (Phi) is 4.70. The molecule has 1 amide bonds. The summed E-state index contributed by atoms with van der Waals surface area (Å²) < 4.78 is 13.1. The molecule has 6 heteroatoms. The molecule has 104 valence electrons. The maximum absolute atomic E-state index is 13.1. The van der Waals surface area contributed by atoms with Crippen LogP contribution in [0, 0.1) is 5.82 Å². The number of halogens is 1. The van der Waals surface area contributed by atoms with Gasteiger partial charge in [-0.3, -0.25) is 9.69 Å². The zero-order chi connectivity index (χ0) is 13.7. The molecule has 0 unspecified atom stereocenters. The van der Waals surface area contributed by atoms with Crippen molar-refractivity contribution in [3.8, 4) is 5.75 Å². The van der Waals surface area contributed by atoms with Crippen LogP contribution in [0.25, 0.3) is 0 Å². The van der Waals surface area contributed by atoms with E-state index in [2.05, 4.69) is 15.5 Å². The summed E-state index contributed by atoms with van der Waals surface area (Å²) in [5, 5.41) is 15.0. The largest absolute Gasteiger partial charge is 0.505 e. The van der Waals surface area contributed by atoms with Gasteiger partial charge in [0, 0.05) is 24.8 Å². The fraction of sp³-hybridized carbons (Fsp3) is 0.462. The first-order valence-electron chi connectivity index (χ1n) is 6.36. The number of carbonyl (C=O) groups excluding carboxylic acids is 1. The summed E-state index contributed by atoms with van der Waals surface area (Å²) in [5.41, 5.74) is 0.355. The molecule has 1 aromatic rings. The van der Waals surface area contributed by atoms with Gasteiger partial charge in [-0.05, 0) is 31.6 Å². The Bertz CT molecular complexity index is 446. The van der Waals surface area contributed by atoms with Gasteiger partial charge >= 0.3 is 0 Å². The molecule has 1 saturated heterocycles. The predicted octanol–water partition coefficient (Wildman–Crippen LogP) is 0.765. The predicted molar refractivity (Wildman–Crippen MR) is 70.6 cm³/mol. The average molecular weight is 267 g/mol. The van der Waals surface area contributed by atoms with E-state index in [0.717, 1.165) is 38.7 Å². The van der Waals surface area contributed by atoms with E-state index in [9.17, 15) is 9.18 Å². The molecule has 1 heterocycles. The number of rotatable bonds is 3. The lowest BCUT2D eigenvalue weighted by Gasteiger charge is -2.18. The van der Waals surface area contributed by atoms with Crippen molar-refractivity contribution in [2.24, 2.45) is 0 Å². The lowest BCUT2D eigenvalue weighted by Crippen LogP contribution is -2.35. The van der Waals surface area contributed by atoms with Crippen LogP contribution in [0.4, 0.5) is 10.1 Å². The van der Waals surface area contributed by atoms with E-state index < -0.39 is 11.6 Å². The zero-order valence-electron chi connectivity index (χ0n) is 10.7. The van der Waals surface area contributed by atoms with E-state index in [0.29, 0.717) is 12.2 Å². The SMILES string of the molecule is O=C(CN1CCCNCC1)Nc1ccc(O)c(F)c1. The number of phenols is 1. The number of amides is 1. The average Bonchev–Trinajstić information content (AvgIpc) is 2.62. The molecule has 3 N–H and O–H groups in total. The lowest BCUT2D eigenvalue weighted by atomic mass is 10.3. The highest BCUT2D eigenvalue weighted by atomic mass is 19.1. The zero-order valence-corrected chi connectivity index (χ0v) is 10.7. The molecule has 0 bridgehead atoms. The molecule has 0 saturated carbocycles. The van der Waals surface area contributed by atoms with Gasteiger partial charge in [0.05, 0.1) is 6.54 Å². The summed E-state index contributed by atoms with van der Waals surface area (Å²) in [5.74, 6) is -1.33. The highest BCUT2D eigenvalue weighted by Crippen LogP contribution is 2.19. The van der Waals surface area contributed by atoms with Crippen LogP contribution in [0.3, 0.4) is 0 Å². The Morgan fingerprint density at radius 2 is 2.26 bits per heavy atom. The van der Waals surface area contributed by atoms with Crippen LogP contribution >= 0.6 is 0 Å². The molecule has 1 aliphatic rings. The Hall–Kier alpha value is -1.66. The highest BCUT2D eigenvalue weighted by Gasteiger charge is 2.13. The van der Waals surface area contributed by atoms with Gasteiger partial charge in [-0.25, -0.2) is 4.39 Å². The van der Waals surface area contributed by atoms with E-state index >= 15 is 0 Å². The van der Waals surface area contributed by atoms with Gasteiger partial charge < -0.3 is 15.7 Å². The summed E-state index contributed by atoms with van der Waals surface area (Å²) >= 11 is 0. The summed E-state index contributed by atoms with van der Waals surface area (Å²) in [6.07, 6.45) is 1.01. The third-order valence-corrected chi connectivity index (χ3v) is 3.03. The number of benzene rings is 1. The molecular weight excluding hydrogens is 249 g/mol. The summed E-state index contributed by atoms with van der Waals surface area (Å²) in [6.45, 7) is 3.86. The molecule has 0 aliphatic carbocycles. The normalized spacial score (nSPS) is 16.9. The summed E-state index contributed by atoms with van der Waals surface area (Å²) in [6, 6.07) is 3.80. The number of anilines is 1. The highest BCUT2D eigenvalue weighted by molar-refractivity contribution is 5.92. The van der Waals surface area contributed by atoms with Crippen molar-refractivity contribution in [3.63, 3.8) is 0 Å². The first-order chi connectivity index (χ1) is 9.15. The van der Waals surface area contributed by atoms with Crippen molar-refractivity contribution < 1.29 is 14.3 Å². The topological polar surface area (TPSA) is 64.6 Å². The third-order valence-electron chi connectivity index (χ3n) is 3.03.